The second-order valence-corrected chi connectivity index (χ2v) is 9.16. The van der Waals surface area contributed by atoms with Gasteiger partial charge in [0, 0.05) is 0 Å². The van der Waals surface area contributed by atoms with Crippen LogP contribution in [0.3, 0.4) is 0 Å². The Balaban J connectivity index is 1.59. The number of ether oxygens (including phenoxy) is 2. The van der Waals surface area contributed by atoms with Gasteiger partial charge in [0.25, 0.3) is 0 Å². The van der Waals surface area contributed by atoms with Gasteiger partial charge in [0.1, 0.15) is 12.2 Å². The molecule has 0 aromatic heterocycles. The van der Waals surface area contributed by atoms with Crippen molar-refractivity contribution in [3.63, 3.8) is 0 Å². The molecule has 0 saturated heterocycles. The number of benzene rings is 1. The number of esters is 2. The van der Waals surface area contributed by atoms with Crippen LogP contribution in [-0.2, 0) is 9.47 Å². The number of rotatable bonds is 0. The Labute approximate surface area is 161 Å². The summed E-state index contributed by atoms with van der Waals surface area (Å²) in [6.45, 7) is 4.82. The van der Waals surface area contributed by atoms with Crippen LogP contribution in [-0.4, -0.2) is 24.1 Å². The molecule has 0 N–H and O–H groups in total. The van der Waals surface area contributed by atoms with Crippen LogP contribution in [0.2, 0.25) is 0 Å². The lowest BCUT2D eigenvalue weighted by molar-refractivity contribution is -0.0196. The van der Waals surface area contributed by atoms with Crippen molar-refractivity contribution in [2.75, 3.05) is 0 Å². The Hall–Kier alpha value is -1.84. The van der Waals surface area contributed by atoms with Crippen LogP contribution in [0.15, 0.2) is 24.3 Å². The average Bonchev–Trinajstić information content (AvgIpc) is 2.68. The molecule has 0 amide bonds. The zero-order valence-electron chi connectivity index (χ0n) is 16.4. The van der Waals surface area contributed by atoms with E-state index in [0.29, 0.717) is 23.0 Å². The molecule has 27 heavy (non-hydrogen) atoms. The molecule has 0 radical (unpaired) electrons. The number of hydrogen-bond acceptors (Lipinski definition) is 4. The normalized spacial score (nSPS) is 33.4. The number of fused-ring (bicyclic) bond motifs is 3. The summed E-state index contributed by atoms with van der Waals surface area (Å²) >= 11 is 0. The van der Waals surface area contributed by atoms with Gasteiger partial charge in [-0.3, -0.25) is 0 Å². The standard InChI is InChI=1S/C23H30O4/c1-23(2)17-7-11-19(12-8-17)26-21(24)15-3-4-16(6-5-15)22(25)27-20-13-9-18(23)10-14-20/h3-6,17-20H,7-14H2,1-2H3. The summed E-state index contributed by atoms with van der Waals surface area (Å²) in [5.74, 6) is 0.765. The summed E-state index contributed by atoms with van der Waals surface area (Å²) in [5.41, 5.74) is 1.28. The molecule has 6 bridgehead atoms. The molecule has 2 fully saturated rings. The van der Waals surface area contributed by atoms with E-state index in [-0.39, 0.29) is 29.6 Å². The molecular weight excluding hydrogens is 340 g/mol. The number of hydrogen-bond donors (Lipinski definition) is 0. The monoisotopic (exact) mass is 370 g/mol. The molecular formula is C23H30O4. The van der Waals surface area contributed by atoms with Gasteiger partial charge in [-0.15, -0.1) is 0 Å². The molecule has 2 aliphatic carbocycles. The van der Waals surface area contributed by atoms with Gasteiger partial charge >= 0.3 is 11.9 Å². The largest absolute Gasteiger partial charge is 0.459 e. The topological polar surface area (TPSA) is 52.6 Å². The minimum atomic E-state index is -0.290. The minimum absolute atomic E-state index is 0.0145. The predicted octanol–water partition coefficient (Wildman–Crippen LogP) is 5.16. The fourth-order valence-electron chi connectivity index (χ4n) is 5.36. The predicted molar refractivity (Wildman–Crippen MR) is 103 cm³/mol. The van der Waals surface area contributed by atoms with E-state index >= 15 is 0 Å². The van der Waals surface area contributed by atoms with Crippen molar-refractivity contribution in [1.82, 2.24) is 0 Å². The van der Waals surface area contributed by atoms with E-state index in [9.17, 15) is 9.59 Å². The van der Waals surface area contributed by atoms with Crippen LogP contribution in [0, 0.1) is 17.3 Å². The molecule has 1 aromatic carbocycles. The van der Waals surface area contributed by atoms with E-state index in [1.54, 1.807) is 24.3 Å². The molecule has 146 valence electrons. The number of carbonyl (C=O) groups excluding carboxylic acids is 2. The van der Waals surface area contributed by atoms with Gasteiger partial charge in [0.2, 0.25) is 0 Å². The lowest BCUT2D eigenvalue weighted by atomic mass is 9.60. The second-order valence-electron chi connectivity index (χ2n) is 9.16. The third-order valence-electron chi connectivity index (χ3n) is 7.36. The molecule has 0 spiro atoms. The molecule has 4 heterocycles. The molecule has 2 saturated carbocycles. The Bertz CT molecular complexity index is 631. The van der Waals surface area contributed by atoms with Crippen molar-refractivity contribution in [2.45, 2.75) is 77.4 Å². The maximum atomic E-state index is 12.4. The Morgan fingerprint density at radius 2 is 1.00 bits per heavy atom. The highest BCUT2D eigenvalue weighted by atomic mass is 16.5. The van der Waals surface area contributed by atoms with Crippen LogP contribution < -0.4 is 0 Å². The molecule has 6 aliphatic rings. The fraction of sp³-hybridized carbons (Fsp3) is 0.652. The first-order valence-electron chi connectivity index (χ1n) is 10.5. The Morgan fingerprint density at radius 1 is 0.667 bits per heavy atom. The minimum Gasteiger partial charge on any atom is -0.459 e. The molecule has 7 rings (SSSR count). The molecule has 0 unspecified atom stereocenters. The highest BCUT2D eigenvalue weighted by Crippen LogP contribution is 2.49. The van der Waals surface area contributed by atoms with Crippen LogP contribution in [0.25, 0.3) is 0 Å². The molecule has 4 aliphatic heterocycles. The number of carbonyl (C=O) groups is 2. The summed E-state index contributed by atoms with van der Waals surface area (Å²) in [5, 5.41) is 0. The Kier molecular flexibility index (Phi) is 5.00. The fourth-order valence-corrected chi connectivity index (χ4v) is 5.36. The van der Waals surface area contributed by atoms with Crippen LogP contribution in [0.4, 0.5) is 0 Å². The quantitative estimate of drug-likeness (QED) is 0.592. The summed E-state index contributed by atoms with van der Waals surface area (Å²) in [7, 11) is 0. The average molecular weight is 370 g/mol. The maximum Gasteiger partial charge on any atom is 0.338 e. The Morgan fingerprint density at radius 3 is 1.33 bits per heavy atom. The van der Waals surface area contributed by atoms with E-state index in [2.05, 4.69) is 13.8 Å². The summed E-state index contributed by atoms with van der Waals surface area (Å²) < 4.78 is 11.5. The van der Waals surface area contributed by atoms with Crippen LogP contribution in [0.1, 0.15) is 85.9 Å². The van der Waals surface area contributed by atoms with E-state index in [1.807, 2.05) is 0 Å². The highest BCUT2D eigenvalue weighted by Gasteiger charge is 2.41. The SMILES string of the molecule is CC1(C)C2CCC(CC2)OC(=O)c2ccc(cc2)C(=O)OC2CCC1CC2. The molecule has 4 heteroatoms. The lowest BCUT2D eigenvalue weighted by Gasteiger charge is -2.46. The van der Waals surface area contributed by atoms with Crippen molar-refractivity contribution in [1.29, 1.82) is 0 Å². The van der Waals surface area contributed by atoms with Gasteiger partial charge in [0.05, 0.1) is 11.1 Å². The van der Waals surface area contributed by atoms with E-state index in [1.165, 1.54) is 0 Å². The van der Waals surface area contributed by atoms with Crippen LogP contribution >= 0.6 is 0 Å². The lowest BCUT2D eigenvalue weighted by Crippen LogP contribution is -2.39. The zero-order valence-corrected chi connectivity index (χ0v) is 16.4. The zero-order chi connectivity index (χ0) is 19.0. The van der Waals surface area contributed by atoms with E-state index < -0.39 is 0 Å². The summed E-state index contributed by atoms with van der Waals surface area (Å²) in [6, 6.07) is 6.68. The van der Waals surface area contributed by atoms with Crippen molar-refractivity contribution in [3.8, 4) is 0 Å². The van der Waals surface area contributed by atoms with Crippen molar-refractivity contribution >= 4 is 11.9 Å². The molecule has 4 nitrogen and oxygen atoms in total. The van der Waals surface area contributed by atoms with Gasteiger partial charge in [-0.2, -0.15) is 0 Å². The second kappa shape index (κ2) is 7.29. The first-order chi connectivity index (χ1) is 12.9. The molecule has 0 atom stereocenters. The molecule has 1 aromatic rings. The first-order valence-corrected chi connectivity index (χ1v) is 10.5. The van der Waals surface area contributed by atoms with Crippen molar-refractivity contribution < 1.29 is 19.1 Å². The van der Waals surface area contributed by atoms with E-state index in [4.69, 9.17) is 9.47 Å². The van der Waals surface area contributed by atoms with Crippen molar-refractivity contribution in [2.24, 2.45) is 17.3 Å². The third-order valence-corrected chi connectivity index (χ3v) is 7.36. The van der Waals surface area contributed by atoms with Gasteiger partial charge in [-0.1, -0.05) is 13.8 Å². The summed E-state index contributed by atoms with van der Waals surface area (Å²) in [4.78, 5) is 24.9. The van der Waals surface area contributed by atoms with E-state index in [0.717, 1.165) is 51.4 Å². The maximum absolute atomic E-state index is 12.4. The third kappa shape index (κ3) is 3.76. The first kappa shape index (κ1) is 18.5. The smallest absolute Gasteiger partial charge is 0.338 e. The van der Waals surface area contributed by atoms with Gasteiger partial charge < -0.3 is 9.47 Å². The van der Waals surface area contributed by atoms with Crippen LogP contribution in [0.5, 0.6) is 0 Å². The van der Waals surface area contributed by atoms with Gasteiger partial charge in [-0.25, -0.2) is 9.59 Å². The van der Waals surface area contributed by atoms with Crippen molar-refractivity contribution in [3.05, 3.63) is 35.4 Å². The highest BCUT2D eigenvalue weighted by molar-refractivity contribution is 5.93. The van der Waals surface area contributed by atoms with Gasteiger partial charge in [-0.05, 0) is 92.9 Å². The summed E-state index contributed by atoms with van der Waals surface area (Å²) in [6.07, 6.45) is 8.34. The van der Waals surface area contributed by atoms with Gasteiger partial charge in [0.15, 0.2) is 0 Å².